The van der Waals surface area contributed by atoms with E-state index in [0.717, 1.165) is 27.7 Å². The van der Waals surface area contributed by atoms with Gasteiger partial charge in [-0.05, 0) is 19.1 Å². The lowest BCUT2D eigenvalue weighted by Gasteiger charge is -2.01. The van der Waals surface area contributed by atoms with Gasteiger partial charge in [0, 0.05) is 10.9 Å². The summed E-state index contributed by atoms with van der Waals surface area (Å²) in [5.41, 5.74) is 4.03. The maximum Gasteiger partial charge on any atom is 0.327 e. The molecule has 106 valence electrons. The normalized spacial score (nSPS) is 10.8. The van der Waals surface area contributed by atoms with Gasteiger partial charge in [-0.2, -0.15) is 5.10 Å². The van der Waals surface area contributed by atoms with Gasteiger partial charge in [0.25, 0.3) is 0 Å². The van der Waals surface area contributed by atoms with Crippen LogP contribution in [-0.2, 0) is 16.1 Å². The van der Waals surface area contributed by atoms with Gasteiger partial charge in [0.15, 0.2) is 0 Å². The van der Waals surface area contributed by atoms with Crippen LogP contribution < -0.4 is 0 Å². The van der Waals surface area contributed by atoms with Gasteiger partial charge in [0.2, 0.25) is 0 Å². The quantitative estimate of drug-likeness (QED) is 0.692. The van der Waals surface area contributed by atoms with E-state index in [1.807, 2.05) is 49.4 Å². The molecule has 0 spiro atoms. The van der Waals surface area contributed by atoms with Gasteiger partial charge in [0.05, 0.1) is 12.6 Å². The predicted molar refractivity (Wildman–Crippen MR) is 81.9 cm³/mol. The summed E-state index contributed by atoms with van der Waals surface area (Å²) in [4.78, 5) is 11.6. The highest BCUT2D eigenvalue weighted by atomic mass is 16.5. The zero-order chi connectivity index (χ0) is 14.8. The van der Waals surface area contributed by atoms with Crippen LogP contribution in [0.15, 0.2) is 48.5 Å². The van der Waals surface area contributed by atoms with E-state index in [-0.39, 0.29) is 12.5 Å². The fourth-order valence-corrected chi connectivity index (χ4v) is 2.41. The number of hydrogen-bond donors (Lipinski definition) is 0. The van der Waals surface area contributed by atoms with Crippen molar-refractivity contribution in [1.82, 2.24) is 9.78 Å². The van der Waals surface area contributed by atoms with Crippen molar-refractivity contribution in [3.8, 4) is 11.3 Å². The molecule has 4 heteroatoms. The molecule has 3 rings (SSSR count). The molecule has 21 heavy (non-hydrogen) atoms. The SMILES string of the molecule is COC(=O)Cn1nc(-c2ccccc2)c2cc(C)ccc21. The van der Waals surface area contributed by atoms with E-state index >= 15 is 0 Å². The van der Waals surface area contributed by atoms with E-state index in [4.69, 9.17) is 4.74 Å². The minimum atomic E-state index is -0.306. The van der Waals surface area contributed by atoms with Gasteiger partial charge in [-0.3, -0.25) is 9.48 Å². The summed E-state index contributed by atoms with van der Waals surface area (Å²) in [5.74, 6) is -0.306. The van der Waals surface area contributed by atoms with Crippen molar-refractivity contribution in [3.05, 3.63) is 54.1 Å². The van der Waals surface area contributed by atoms with Crippen LogP contribution >= 0.6 is 0 Å². The van der Waals surface area contributed by atoms with Crippen molar-refractivity contribution in [1.29, 1.82) is 0 Å². The lowest BCUT2D eigenvalue weighted by molar-refractivity contribution is -0.141. The molecule has 0 bridgehead atoms. The molecule has 3 aromatic rings. The minimum Gasteiger partial charge on any atom is -0.468 e. The minimum absolute atomic E-state index is 0.114. The average Bonchev–Trinajstić information content (AvgIpc) is 2.86. The van der Waals surface area contributed by atoms with Crippen molar-refractivity contribution in [2.24, 2.45) is 0 Å². The lowest BCUT2D eigenvalue weighted by Crippen LogP contribution is -2.12. The first-order chi connectivity index (χ1) is 10.2. The molecular formula is C17H16N2O2. The van der Waals surface area contributed by atoms with E-state index in [0.29, 0.717) is 0 Å². The Morgan fingerprint density at radius 2 is 1.95 bits per heavy atom. The van der Waals surface area contributed by atoms with Crippen LogP contribution in [0.25, 0.3) is 22.2 Å². The van der Waals surface area contributed by atoms with Crippen molar-refractivity contribution in [2.75, 3.05) is 7.11 Å². The molecule has 0 aliphatic rings. The summed E-state index contributed by atoms with van der Waals surface area (Å²) in [6.45, 7) is 2.16. The fourth-order valence-electron chi connectivity index (χ4n) is 2.41. The largest absolute Gasteiger partial charge is 0.468 e. The number of ether oxygens (including phenoxy) is 1. The summed E-state index contributed by atoms with van der Waals surface area (Å²) in [6.07, 6.45) is 0. The maximum absolute atomic E-state index is 11.6. The summed E-state index contributed by atoms with van der Waals surface area (Å²) in [6, 6.07) is 16.1. The third-order valence-corrected chi connectivity index (χ3v) is 3.46. The van der Waals surface area contributed by atoms with E-state index in [9.17, 15) is 4.79 Å². The summed E-state index contributed by atoms with van der Waals surface area (Å²) >= 11 is 0. The Labute approximate surface area is 123 Å². The third-order valence-electron chi connectivity index (χ3n) is 3.46. The van der Waals surface area contributed by atoms with Crippen molar-refractivity contribution >= 4 is 16.9 Å². The number of hydrogen-bond acceptors (Lipinski definition) is 3. The van der Waals surface area contributed by atoms with Crippen LogP contribution in [0.4, 0.5) is 0 Å². The molecule has 1 heterocycles. The topological polar surface area (TPSA) is 44.1 Å². The highest BCUT2D eigenvalue weighted by Gasteiger charge is 2.14. The van der Waals surface area contributed by atoms with Gasteiger partial charge in [0.1, 0.15) is 12.2 Å². The lowest BCUT2D eigenvalue weighted by atomic mass is 10.1. The van der Waals surface area contributed by atoms with Crippen LogP contribution in [0.5, 0.6) is 0 Å². The highest BCUT2D eigenvalue weighted by molar-refractivity contribution is 5.94. The number of carbonyl (C=O) groups is 1. The average molecular weight is 280 g/mol. The number of benzene rings is 2. The van der Waals surface area contributed by atoms with Gasteiger partial charge in [-0.1, -0.05) is 42.0 Å². The van der Waals surface area contributed by atoms with Gasteiger partial charge in [-0.25, -0.2) is 0 Å². The van der Waals surface area contributed by atoms with Crippen LogP contribution in [-0.4, -0.2) is 22.9 Å². The molecule has 0 unspecified atom stereocenters. The number of rotatable bonds is 3. The van der Waals surface area contributed by atoms with Crippen LogP contribution in [0, 0.1) is 6.92 Å². The molecule has 0 N–H and O–H groups in total. The Bertz CT molecular complexity index is 791. The molecule has 2 aromatic carbocycles. The molecule has 0 fully saturated rings. The van der Waals surface area contributed by atoms with E-state index in [2.05, 4.69) is 11.2 Å². The summed E-state index contributed by atoms with van der Waals surface area (Å²) in [5, 5.41) is 5.65. The molecule has 0 saturated heterocycles. The Kier molecular flexibility index (Phi) is 3.44. The zero-order valence-corrected chi connectivity index (χ0v) is 12.0. The van der Waals surface area contributed by atoms with E-state index in [1.165, 1.54) is 7.11 Å². The fraction of sp³-hybridized carbons (Fsp3) is 0.176. The Morgan fingerprint density at radius 1 is 1.19 bits per heavy atom. The molecular weight excluding hydrogens is 264 g/mol. The van der Waals surface area contributed by atoms with Gasteiger partial charge in [-0.15, -0.1) is 0 Å². The number of aryl methyl sites for hydroxylation is 1. The number of carbonyl (C=O) groups excluding carboxylic acids is 1. The molecule has 0 saturated carbocycles. The molecule has 0 amide bonds. The van der Waals surface area contributed by atoms with Crippen molar-refractivity contribution in [3.63, 3.8) is 0 Å². The van der Waals surface area contributed by atoms with Crippen LogP contribution in [0.1, 0.15) is 5.56 Å². The summed E-state index contributed by atoms with van der Waals surface area (Å²) < 4.78 is 6.44. The smallest absolute Gasteiger partial charge is 0.327 e. The van der Waals surface area contributed by atoms with Gasteiger partial charge < -0.3 is 4.74 Å². The van der Waals surface area contributed by atoms with Crippen LogP contribution in [0.2, 0.25) is 0 Å². The monoisotopic (exact) mass is 280 g/mol. The number of methoxy groups -OCH3 is 1. The first kappa shape index (κ1) is 13.4. The second-order valence-electron chi connectivity index (χ2n) is 4.97. The maximum atomic E-state index is 11.6. The Morgan fingerprint density at radius 3 is 2.67 bits per heavy atom. The second-order valence-corrected chi connectivity index (χ2v) is 4.97. The number of fused-ring (bicyclic) bond motifs is 1. The Hall–Kier alpha value is -2.62. The van der Waals surface area contributed by atoms with E-state index < -0.39 is 0 Å². The van der Waals surface area contributed by atoms with Gasteiger partial charge >= 0.3 is 5.97 Å². The molecule has 0 radical (unpaired) electrons. The Balaban J connectivity index is 2.20. The van der Waals surface area contributed by atoms with Crippen LogP contribution in [0.3, 0.4) is 0 Å². The number of esters is 1. The first-order valence-corrected chi connectivity index (χ1v) is 6.78. The predicted octanol–water partition coefficient (Wildman–Crippen LogP) is 3.18. The molecule has 4 nitrogen and oxygen atoms in total. The van der Waals surface area contributed by atoms with Crippen molar-refractivity contribution in [2.45, 2.75) is 13.5 Å². The first-order valence-electron chi connectivity index (χ1n) is 6.78. The zero-order valence-electron chi connectivity index (χ0n) is 12.0. The van der Waals surface area contributed by atoms with E-state index in [1.54, 1.807) is 4.68 Å². The third kappa shape index (κ3) is 2.52. The molecule has 0 atom stereocenters. The molecule has 0 aliphatic heterocycles. The number of nitrogens with zero attached hydrogens (tertiary/aromatic N) is 2. The van der Waals surface area contributed by atoms with Crippen molar-refractivity contribution < 1.29 is 9.53 Å². The second kappa shape index (κ2) is 5.40. The standard InChI is InChI=1S/C17H16N2O2/c1-12-8-9-15-14(10-12)17(13-6-4-3-5-7-13)18-19(15)11-16(20)21-2/h3-10H,11H2,1-2H3. The summed E-state index contributed by atoms with van der Waals surface area (Å²) in [7, 11) is 1.39. The highest BCUT2D eigenvalue weighted by Crippen LogP contribution is 2.28. The molecule has 0 aliphatic carbocycles. The molecule has 1 aromatic heterocycles. The number of aromatic nitrogens is 2.